The first-order valence-corrected chi connectivity index (χ1v) is 8.12. The molecule has 0 aliphatic rings. The Hall–Kier alpha value is -3.47. The Labute approximate surface area is 153 Å². The van der Waals surface area contributed by atoms with Crippen molar-refractivity contribution in [3.63, 3.8) is 0 Å². The number of rotatable bonds is 8. The van der Waals surface area contributed by atoms with Crippen molar-refractivity contribution in [1.29, 1.82) is 0 Å². The molecule has 11 nitrogen and oxygen atoms in total. The number of benzene rings is 1. The average molecular weight is 374 g/mol. The molecule has 0 saturated carbocycles. The fourth-order valence-corrected chi connectivity index (χ4v) is 2.82. The van der Waals surface area contributed by atoms with Crippen LogP contribution < -0.4 is 10.2 Å². The van der Waals surface area contributed by atoms with E-state index < -0.39 is 5.91 Å². The smallest absolute Gasteiger partial charge is 0.243 e. The number of nitrogens with one attached hydrogen (secondary N) is 1. The molecular formula is C16H18N6O5. The molecule has 3 rings (SSSR count). The molecular weight excluding hydrogens is 356 g/mol. The van der Waals surface area contributed by atoms with E-state index in [1.165, 1.54) is 11.7 Å². The van der Waals surface area contributed by atoms with Crippen molar-refractivity contribution in [2.45, 2.75) is 25.9 Å². The predicted molar refractivity (Wildman–Crippen MR) is 93.9 cm³/mol. The third kappa shape index (κ3) is 3.72. The highest BCUT2D eigenvalue weighted by atomic mass is 16.5. The maximum absolute atomic E-state index is 11.2. The molecule has 2 heterocycles. The van der Waals surface area contributed by atoms with Crippen molar-refractivity contribution in [2.75, 3.05) is 7.11 Å². The summed E-state index contributed by atoms with van der Waals surface area (Å²) in [6, 6.07) is 5.07. The van der Waals surface area contributed by atoms with Crippen LogP contribution in [0.1, 0.15) is 18.5 Å². The van der Waals surface area contributed by atoms with Gasteiger partial charge in [0, 0.05) is 18.4 Å². The molecule has 142 valence electrons. The van der Waals surface area contributed by atoms with Gasteiger partial charge in [-0.1, -0.05) is 5.21 Å². The van der Waals surface area contributed by atoms with Crippen molar-refractivity contribution in [2.24, 2.45) is 5.18 Å². The molecule has 0 atom stereocenters. The molecule has 0 radical (unpaired) electrons. The zero-order valence-corrected chi connectivity index (χ0v) is 14.5. The van der Waals surface area contributed by atoms with Gasteiger partial charge in [-0.2, -0.15) is 0 Å². The summed E-state index contributed by atoms with van der Waals surface area (Å²) in [6.07, 6.45) is 2.32. The largest absolute Gasteiger partial charge is 0.497 e. The van der Waals surface area contributed by atoms with Crippen molar-refractivity contribution in [3.8, 4) is 11.6 Å². The summed E-state index contributed by atoms with van der Waals surface area (Å²) in [5, 5.41) is 30.3. The molecule has 0 aliphatic carbocycles. The zero-order valence-electron chi connectivity index (χ0n) is 14.5. The first kappa shape index (κ1) is 18.3. The third-order valence-corrected chi connectivity index (χ3v) is 4.13. The van der Waals surface area contributed by atoms with Gasteiger partial charge < -0.3 is 14.4 Å². The summed E-state index contributed by atoms with van der Waals surface area (Å²) in [7, 11) is 1.51. The van der Waals surface area contributed by atoms with E-state index in [0.29, 0.717) is 35.3 Å². The number of methoxy groups -OCH3 is 1. The highest BCUT2D eigenvalue weighted by Gasteiger charge is 2.19. The lowest BCUT2D eigenvalue weighted by atomic mass is 10.2. The molecule has 1 aromatic carbocycles. The number of carbonyl (C=O) groups is 1. The molecule has 0 bridgehead atoms. The number of hydrogen-bond donors (Lipinski definition) is 3. The Morgan fingerprint density at radius 2 is 2.22 bits per heavy atom. The van der Waals surface area contributed by atoms with Crippen molar-refractivity contribution < 1.29 is 19.8 Å². The van der Waals surface area contributed by atoms with E-state index >= 15 is 0 Å². The second kappa shape index (κ2) is 7.83. The zero-order chi connectivity index (χ0) is 19.4. The molecule has 0 unspecified atom stereocenters. The number of amides is 1. The van der Waals surface area contributed by atoms with E-state index in [1.54, 1.807) is 34.6 Å². The van der Waals surface area contributed by atoms with Gasteiger partial charge in [0.05, 0.1) is 25.4 Å². The molecule has 27 heavy (non-hydrogen) atoms. The number of nitrogens with zero attached hydrogens (tertiary/aromatic N) is 5. The first-order chi connectivity index (χ1) is 13.1. The number of ether oxygens (including phenoxy) is 1. The molecule has 0 spiro atoms. The molecule has 1 amide bonds. The molecule has 2 aromatic heterocycles. The Balaban J connectivity index is 1.82. The Bertz CT molecular complexity index is 979. The number of aryl methyl sites for hydroxylation is 1. The van der Waals surface area contributed by atoms with E-state index in [-0.39, 0.29) is 24.5 Å². The number of hydrogen-bond acceptors (Lipinski definition) is 8. The molecule has 11 heteroatoms. The standard InChI is InChI=1S/C16H18N6O5/c1-27-11-4-5-13-12(7-11)15(19-26)16(24)22(13)9-10-8-21(20-17-10)6-2-3-14(23)18-25/h4-5,7-8,24-25H,2-3,6,9H2,1H3,(H,18,23). The minimum atomic E-state index is -0.469. The van der Waals surface area contributed by atoms with Gasteiger partial charge in [-0.15, -0.1) is 10.0 Å². The minimum Gasteiger partial charge on any atom is -0.497 e. The monoisotopic (exact) mass is 374 g/mol. The van der Waals surface area contributed by atoms with Gasteiger partial charge in [-0.25, -0.2) is 5.48 Å². The van der Waals surface area contributed by atoms with E-state index in [9.17, 15) is 14.8 Å². The van der Waals surface area contributed by atoms with E-state index in [2.05, 4.69) is 15.5 Å². The van der Waals surface area contributed by atoms with Crippen LogP contribution in [-0.4, -0.2) is 42.9 Å². The lowest BCUT2D eigenvalue weighted by Crippen LogP contribution is -2.18. The normalized spacial score (nSPS) is 10.9. The number of carbonyl (C=O) groups excluding carboxylic acids is 1. The summed E-state index contributed by atoms with van der Waals surface area (Å²) >= 11 is 0. The summed E-state index contributed by atoms with van der Waals surface area (Å²) < 4.78 is 8.22. The summed E-state index contributed by atoms with van der Waals surface area (Å²) in [4.78, 5) is 22.2. The van der Waals surface area contributed by atoms with Crippen LogP contribution in [0.2, 0.25) is 0 Å². The second-order valence-electron chi connectivity index (χ2n) is 5.84. The van der Waals surface area contributed by atoms with Crippen molar-refractivity contribution >= 4 is 22.5 Å². The van der Waals surface area contributed by atoms with Crippen LogP contribution in [0.5, 0.6) is 11.6 Å². The van der Waals surface area contributed by atoms with Crippen LogP contribution in [0.15, 0.2) is 29.6 Å². The van der Waals surface area contributed by atoms with Crippen LogP contribution in [-0.2, 0) is 17.9 Å². The molecule has 3 N–H and O–H groups in total. The highest BCUT2D eigenvalue weighted by Crippen LogP contribution is 2.40. The molecule has 0 saturated heterocycles. The second-order valence-corrected chi connectivity index (χ2v) is 5.84. The first-order valence-electron chi connectivity index (χ1n) is 8.12. The lowest BCUT2D eigenvalue weighted by molar-refractivity contribution is -0.129. The van der Waals surface area contributed by atoms with Gasteiger partial charge >= 0.3 is 0 Å². The number of hydroxylamine groups is 1. The lowest BCUT2D eigenvalue weighted by Gasteiger charge is -2.05. The number of aromatic hydroxyl groups is 1. The van der Waals surface area contributed by atoms with Crippen LogP contribution in [0.3, 0.4) is 0 Å². The maximum Gasteiger partial charge on any atom is 0.243 e. The van der Waals surface area contributed by atoms with Gasteiger partial charge in [0.1, 0.15) is 11.4 Å². The van der Waals surface area contributed by atoms with Gasteiger partial charge in [0.15, 0.2) is 5.69 Å². The van der Waals surface area contributed by atoms with Crippen molar-refractivity contribution in [3.05, 3.63) is 35.0 Å². The van der Waals surface area contributed by atoms with E-state index in [1.807, 2.05) is 0 Å². The minimum absolute atomic E-state index is 0.0636. The van der Waals surface area contributed by atoms with Gasteiger partial charge in [0.25, 0.3) is 0 Å². The summed E-state index contributed by atoms with van der Waals surface area (Å²) in [5.41, 5.74) is 2.67. The van der Waals surface area contributed by atoms with Gasteiger partial charge in [-0.3, -0.25) is 14.7 Å². The predicted octanol–water partition coefficient (Wildman–Crippen LogP) is 1.68. The fraction of sp³-hybridized carbons (Fsp3) is 0.312. The molecule has 3 aromatic rings. The van der Waals surface area contributed by atoms with E-state index in [0.717, 1.165) is 0 Å². The van der Waals surface area contributed by atoms with Gasteiger partial charge in [0.2, 0.25) is 11.8 Å². The maximum atomic E-state index is 11.2. The van der Waals surface area contributed by atoms with Gasteiger partial charge in [-0.05, 0) is 29.8 Å². The molecule has 0 fully saturated rings. The van der Waals surface area contributed by atoms with Crippen LogP contribution in [0.4, 0.5) is 5.69 Å². The van der Waals surface area contributed by atoms with Crippen LogP contribution in [0, 0.1) is 4.91 Å². The van der Waals surface area contributed by atoms with Crippen LogP contribution in [0.25, 0.3) is 10.9 Å². The van der Waals surface area contributed by atoms with Crippen LogP contribution >= 0.6 is 0 Å². The SMILES string of the molecule is COc1ccc2c(c1)c(N=O)c(O)n2Cc1cn(CCCC(=O)NO)nn1. The number of nitroso groups, excluding NO2 is 1. The quantitative estimate of drug-likeness (QED) is 0.309. The topological polar surface area (TPSA) is 144 Å². The third-order valence-electron chi connectivity index (χ3n) is 4.13. The Kier molecular flexibility index (Phi) is 5.31. The van der Waals surface area contributed by atoms with Crippen molar-refractivity contribution in [1.82, 2.24) is 25.0 Å². The number of fused-ring (bicyclic) bond motifs is 1. The fourth-order valence-electron chi connectivity index (χ4n) is 2.82. The summed E-state index contributed by atoms with van der Waals surface area (Å²) in [5.74, 6) is -0.187. The number of aromatic nitrogens is 4. The Morgan fingerprint density at radius 1 is 1.41 bits per heavy atom. The van der Waals surface area contributed by atoms with E-state index in [4.69, 9.17) is 9.94 Å². The summed E-state index contributed by atoms with van der Waals surface area (Å²) in [6.45, 7) is 0.623. The Morgan fingerprint density at radius 3 is 2.93 bits per heavy atom. The average Bonchev–Trinajstić information content (AvgIpc) is 3.23. The highest BCUT2D eigenvalue weighted by molar-refractivity contribution is 5.96. The molecule has 0 aliphatic heterocycles.